The van der Waals surface area contributed by atoms with Gasteiger partial charge in [-0.3, -0.25) is 13.9 Å². The summed E-state index contributed by atoms with van der Waals surface area (Å²) in [6, 6.07) is 16.9. The van der Waals surface area contributed by atoms with Gasteiger partial charge in [-0.05, 0) is 69.2 Å². The highest BCUT2D eigenvalue weighted by Gasteiger charge is 2.33. The molecular weight excluding hydrogens is 578 g/mol. The molecule has 0 aliphatic heterocycles. The van der Waals surface area contributed by atoms with Gasteiger partial charge in [-0.2, -0.15) is 0 Å². The largest absolute Gasteiger partial charge is 0.493 e. The Kier molecular flexibility index (Phi) is 11.2. The van der Waals surface area contributed by atoms with Crippen molar-refractivity contribution < 1.29 is 27.5 Å². The normalized spacial score (nSPS) is 12.6. The molecule has 0 heterocycles. The van der Waals surface area contributed by atoms with Gasteiger partial charge in [0.1, 0.15) is 12.6 Å². The van der Waals surface area contributed by atoms with E-state index in [1.165, 1.54) is 37.3 Å². The summed E-state index contributed by atoms with van der Waals surface area (Å²) in [5.74, 6) is -0.209. The summed E-state index contributed by atoms with van der Waals surface area (Å²) >= 11 is 6.06. The van der Waals surface area contributed by atoms with Crippen molar-refractivity contribution in [2.75, 3.05) is 25.1 Å². The van der Waals surface area contributed by atoms with E-state index in [0.717, 1.165) is 15.4 Å². The van der Waals surface area contributed by atoms with Crippen molar-refractivity contribution in [1.29, 1.82) is 0 Å². The van der Waals surface area contributed by atoms with E-state index in [1.54, 1.807) is 55.5 Å². The van der Waals surface area contributed by atoms with E-state index in [2.05, 4.69) is 5.32 Å². The second-order valence-electron chi connectivity index (χ2n) is 10.0. The van der Waals surface area contributed by atoms with Crippen LogP contribution in [0.2, 0.25) is 5.02 Å². The maximum atomic E-state index is 14.1. The molecular formula is C31H38ClN3O6S. The number of sulfonamides is 1. The van der Waals surface area contributed by atoms with E-state index in [1.807, 2.05) is 20.8 Å². The molecule has 0 aliphatic rings. The number of carbonyl (C=O) groups excluding carboxylic acids is 2. The highest BCUT2D eigenvalue weighted by Crippen LogP contribution is 2.34. The average Bonchev–Trinajstić information content (AvgIpc) is 2.98. The van der Waals surface area contributed by atoms with E-state index in [9.17, 15) is 18.0 Å². The van der Waals surface area contributed by atoms with Crippen molar-refractivity contribution in [2.45, 2.75) is 57.6 Å². The number of methoxy groups -OCH3 is 2. The Bertz CT molecular complexity index is 1480. The second-order valence-corrected chi connectivity index (χ2v) is 12.3. The lowest BCUT2D eigenvalue weighted by Crippen LogP contribution is -2.52. The van der Waals surface area contributed by atoms with Crippen molar-refractivity contribution in [3.8, 4) is 11.5 Å². The smallest absolute Gasteiger partial charge is 0.264 e. The van der Waals surface area contributed by atoms with Crippen LogP contribution >= 0.6 is 11.6 Å². The van der Waals surface area contributed by atoms with Gasteiger partial charge < -0.3 is 19.7 Å². The van der Waals surface area contributed by atoms with Crippen LogP contribution < -0.4 is 19.1 Å². The highest BCUT2D eigenvalue weighted by atomic mass is 35.5. The molecule has 0 bridgehead atoms. The van der Waals surface area contributed by atoms with Crippen molar-refractivity contribution in [3.63, 3.8) is 0 Å². The van der Waals surface area contributed by atoms with E-state index in [0.29, 0.717) is 22.9 Å². The molecule has 226 valence electrons. The first kappa shape index (κ1) is 32.8. The summed E-state index contributed by atoms with van der Waals surface area (Å²) in [5.41, 5.74) is 1.82. The van der Waals surface area contributed by atoms with Crippen LogP contribution in [-0.2, 0) is 26.2 Å². The maximum absolute atomic E-state index is 14.1. The molecule has 2 atom stereocenters. The zero-order chi connectivity index (χ0) is 31.0. The molecule has 2 amide bonds. The zero-order valence-corrected chi connectivity index (χ0v) is 26.3. The second kappa shape index (κ2) is 14.4. The lowest BCUT2D eigenvalue weighted by atomic mass is 10.1. The van der Waals surface area contributed by atoms with Crippen LogP contribution in [0.4, 0.5) is 5.69 Å². The van der Waals surface area contributed by atoms with Crippen LogP contribution in [0, 0.1) is 6.92 Å². The molecule has 0 saturated heterocycles. The minimum Gasteiger partial charge on any atom is -0.493 e. The van der Waals surface area contributed by atoms with Crippen molar-refractivity contribution in [2.24, 2.45) is 0 Å². The molecule has 0 aromatic heterocycles. The predicted octanol–water partition coefficient (Wildman–Crippen LogP) is 5.19. The third-order valence-electron chi connectivity index (χ3n) is 6.98. The topological polar surface area (TPSA) is 105 Å². The monoisotopic (exact) mass is 615 g/mol. The van der Waals surface area contributed by atoms with Gasteiger partial charge in [0.15, 0.2) is 11.5 Å². The summed E-state index contributed by atoms with van der Waals surface area (Å²) in [6.07, 6.45) is 0.714. The first-order chi connectivity index (χ1) is 19.9. The molecule has 0 unspecified atom stereocenters. The molecule has 0 aliphatic carbocycles. The fourth-order valence-corrected chi connectivity index (χ4v) is 5.71. The first-order valence-electron chi connectivity index (χ1n) is 13.6. The molecule has 3 aromatic carbocycles. The molecule has 42 heavy (non-hydrogen) atoms. The lowest BCUT2D eigenvalue weighted by Gasteiger charge is -2.32. The number of halogens is 1. The van der Waals surface area contributed by atoms with E-state index < -0.39 is 28.5 Å². The number of anilines is 1. The van der Waals surface area contributed by atoms with Gasteiger partial charge in [0.25, 0.3) is 10.0 Å². The van der Waals surface area contributed by atoms with Crippen LogP contribution in [0.3, 0.4) is 0 Å². The highest BCUT2D eigenvalue weighted by molar-refractivity contribution is 7.92. The number of benzene rings is 3. The summed E-state index contributed by atoms with van der Waals surface area (Å²) < 4.78 is 39.8. The predicted molar refractivity (Wildman–Crippen MR) is 165 cm³/mol. The molecule has 0 saturated carbocycles. The van der Waals surface area contributed by atoms with Crippen LogP contribution in [0.25, 0.3) is 0 Å². The summed E-state index contributed by atoms with van der Waals surface area (Å²) in [5, 5.41) is 3.45. The third kappa shape index (κ3) is 7.95. The Morgan fingerprint density at radius 3 is 2.12 bits per heavy atom. The van der Waals surface area contributed by atoms with Crippen molar-refractivity contribution in [1.82, 2.24) is 10.2 Å². The first-order valence-corrected chi connectivity index (χ1v) is 15.4. The molecule has 0 fully saturated rings. The number of rotatable bonds is 13. The Labute approximate surface area is 253 Å². The molecule has 3 aromatic rings. The van der Waals surface area contributed by atoms with Gasteiger partial charge in [-0.1, -0.05) is 48.4 Å². The summed E-state index contributed by atoms with van der Waals surface area (Å²) in [7, 11) is -1.30. The fourth-order valence-electron chi connectivity index (χ4n) is 4.18. The van der Waals surface area contributed by atoms with Gasteiger partial charge >= 0.3 is 0 Å². The Morgan fingerprint density at radius 2 is 1.55 bits per heavy atom. The Hall–Kier alpha value is -3.76. The number of hydrogen-bond donors (Lipinski definition) is 1. The van der Waals surface area contributed by atoms with Gasteiger partial charge in [0, 0.05) is 23.7 Å². The number of amides is 2. The van der Waals surface area contributed by atoms with Crippen LogP contribution in [0.1, 0.15) is 38.3 Å². The van der Waals surface area contributed by atoms with E-state index in [-0.39, 0.29) is 29.1 Å². The quantitative estimate of drug-likeness (QED) is 0.284. The minimum absolute atomic E-state index is 0.0162. The van der Waals surface area contributed by atoms with Crippen LogP contribution in [0.5, 0.6) is 11.5 Å². The number of aryl methyl sites for hydroxylation is 1. The van der Waals surface area contributed by atoms with Crippen LogP contribution in [0.15, 0.2) is 71.6 Å². The molecule has 0 spiro atoms. The Balaban J connectivity index is 2.08. The number of nitrogens with one attached hydrogen (secondary N) is 1. The van der Waals surface area contributed by atoms with Crippen molar-refractivity contribution in [3.05, 3.63) is 82.9 Å². The number of nitrogens with zero attached hydrogens (tertiary/aromatic N) is 2. The van der Waals surface area contributed by atoms with E-state index in [4.69, 9.17) is 21.1 Å². The third-order valence-corrected chi connectivity index (χ3v) is 9.02. The minimum atomic E-state index is -4.22. The molecule has 11 heteroatoms. The maximum Gasteiger partial charge on any atom is 0.264 e. The van der Waals surface area contributed by atoms with Gasteiger partial charge in [0.2, 0.25) is 11.8 Å². The number of hydrogen-bond acceptors (Lipinski definition) is 6. The molecule has 0 radical (unpaired) electrons. The average molecular weight is 616 g/mol. The van der Waals surface area contributed by atoms with Crippen LogP contribution in [-0.4, -0.2) is 58.0 Å². The fraction of sp³-hybridized carbons (Fsp3) is 0.355. The number of carbonyl (C=O) groups is 2. The molecule has 1 N–H and O–H groups in total. The zero-order valence-electron chi connectivity index (χ0n) is 24.8. The lowest BCUT2D eigenvalue weighted by molar-refractivity contribution is -0.139. The SMILES string of the molecule is CC[C@@H](C)NC(=O)[C@@H](C)N(Cc1ccc(Cl)cc1)C(=O)CN(c1ccc(OC)c(OC)c1)S(=O)(=O)c1ccc(C)cc1. The summed E-state index contributed by atoms with van der Waals surface area (Å²) in [6.45, 7) is 6.80. The standard InChI is InChI=1S/C31H38ClN3O6S/c1-7-22(3)33-31(37)23(4)34(19-24-10-12-25(32)13-11-24)30(36)20-35(26-14-17-28(40-5)29(18-26)41-6)42(38,39)27-15-8-21(2)9-16-27/h8-18,22-23H,7,19-20H2,1-6H3,(H,33,37)/t22-,23-/m1/s1. The Morgan fingerprint density at radius 1 is 0.929 bits per heavy atom. The van der Waals surface area contributed by atoms with Gasteiger partial charge in [-0.25, -0.2) is 8.42 Å². The van der Waals surface area contributed by atoms with Gasteiger partial charge in [-0.15, -0.1) is 0 Å². The summed E-state index contributed by atoms with van der Waals surface area (Å²) in [4.78, 5) is 28.6. The van der Waals surface area contributed by atoms with Gasteiger partial charge in [0.05, 0.1) is 24.8 Å². The van der Waals surface area contributed by atoms with E-state index >= 15 is 0 Å². The molecule has 9 nitrogen and oxygen atoms in total. The van der Waals surface area contributed by atoms with Crippen molar-refractivity contribution >= 4 is 39.1 Å². The number of ether oxygens (including phenoxy) is 2. The molecule has 3 rings (SSSR count).